The molecule has 8 nitrogen and oxygen atoms in total. The third-order valence-electron chi connectivity index (χ3n) is 4.14. The van der Waals surface area contributed by atoms with Crippen LogP contribution < -0.4 is 10.2 Å². The Labute approximate surface area is 186 Å². The van der Waals surface area contributed by atoms with Crippen molar-refractivity contribution in [2.45, 2.75) is 13.8 Å². The summed E-state index contributed by atoms with van der Waals surface area (Å²) in [7, 11) is 0. The second-order valence-electron chi connectivity index (χ2n) is 6.46. The molecular weight excluding hydrogens is 501 g/mol. The van der Waals surface area contributed by atoms with Gasteiger partial charge in [0.2, 0.25) is 0 Å². The number of non-ortho nitro benzene ring substituents is 1. The monoisotopic (exact) mass is 519 g/mol. The molecule has 1 aromatic heterocycles. The van der Waals surface area contributed by atoms with Gasteiger partial charge in [-0.05, 0) is 71.8 Å². The number of hydrogen-bond acceptors (Lipinski definition) is 6. The minimum absolute atomic E-state index is 0.0190. The first-order chi connectivity index (χ1) is 14.3. The number of amides is 1. The van der Waals surface area contributed by atoms with Gasteiger partial charge in [-0.25, -0.2) is 5.43 Å². The summed E-state index contributed by atoms with van der Waals surface area (Å²) < 4.78 is 12.3. The number of carbonyl (C=O) groups excluding carboxylic acids is 1. The van der Waals surface area contributed by atoms with Gasteiger partial charge in [-0.1, -0.05) is 12.1 Å². The maximum atomic E-state index is 12.0. The van der Waals surface area contributed by atoms with Gasteiger partial charge in [0.05, 0.1) is 11.1 Å². The number of ether oxygens (including phenoxy) is 1. The Morgan fingerprint density at radius 2 is 1.87 bits per heavy atom. The molecule has 1 N–H and O–H groups in total. The summed E-state index contributed by atoms with van der Waals surface area (Å²) in [6, 6.07) is 14.3. The van der Waals surface area contributed by atoms with Crippen molar-refractivity contribution in [2.24, 2.45) is 5.10 Å². The average molecular weight is 519 g/mol. The summed E-state index contributed by atoms with van der Waals surface area (Å²) in [6.07, 6.45) is 1.40. The normalized spacial score (nSPS) is 10.9. The van der Waals surface area contributed by atoms with Gasteiger partial charge in [-0.15, -0.1) is 0 Å². The lowest BCUT2D eigenvalue weighted by molar-refractivity contribution is -0.385. The van der Waals surface area contributed by atoms with E-state index in [2.05, 4.69) is 33.1 Å². The van der Waals surface area contributed by atoms with Gasteiger partial charge in [-0.2, -0.15) is 5.10 Å². The number of nitrogens with one attached hydrogen (secondary N) is 1. The Morgan fingerprint density at radius 1 is 1.20 bits per heavy atom. The van der Waals surface area contributed by atoms with E-state index in [-0.39, 0.29) is 12.3 Å². The molecule has 0 atom stereocenters. The third kappa shape index (κ3) is 5.44. The molecule has 3 aromatic rings. The number of nitrogens with zero attached hydrogens (tertiary/aromatic N) is 2. The highest BCUT2D eigenvalue weighted by molar-refractivity contribution is 14.1. The van der Waals surface area contributed by atoms with E-state index in [1.807, 2.05) is 30.3 Å². The number of aryl methyl sites for hydroxylation is 2. The van der Waals surface area contributed by atoms with Crippen molar-refractivity contribution < 1.29 is 18.9 Å². The molecule has 0 saturated carbocycles. The average Bonchev–Trinajstić information content (AvgIpc) is 3.16. The van der Waals surface area contributed by atoms with Crippen LogP contribution in [0.1, 0.15) is 16.9 Å². The summed E-state index contributed by atoms with van der Waals surface area (Å²) >= 11 is 2.23. The van der Waals surface area contributed by atoms with Crippen molar-refractivity contribution in [1.82, 2.24) is 5.43 Å². The van der Waals surface area contributed by atoms with Crippen molar-refractivity contribution in [3.05, 3.63) is 79.1 Å². The van der Waals surface area contributed by atoms with Gasteiger partial charge in [-0.3, -0.25) is 14.9 Å². The van der Waals surface area contributed by atoms with Crippen molar-refractivity contribution in [2.75, 3.05) is 6.61 Å². The van der Waals surface area contributed by atoms with E-state index in [1.54, 1.807) is 19.9 Å². The highest BCUT2D eigenvalue weighted by atomic mass is 127. The minimum Gasteiger partial charge on any atom is -0.483 e. The van der Waals surface area contributed by atoms with Crippen LogP contribution in [0.5, 0.6) is 5.75 Å². The second-order valence-corrected chi connectivity index (χ2v) is 7.70. The fraction of sp³-hybridized carbons (Fsp3) is 0.143. The summed E-state index contributed by atoms with van der Waals surface area (Å²) in [5.41, 5.74) is 4.45. The van der Waals surface area contributed by atoms with Crippen molar-refractivity contribution in [3.8, 4) is 17.1 Å². The summed E-state index contributed by atoms with van der Waals surface area (Å²) in [4.78, 5) is 22.4. The van der Waals surface area contributed by atoms with Gasteiger partial charge < -0.3 is 9.15 Å². The van der Waals surface area contributed by atoms with E-state index >= 15 is 0 Å². The summed E-state index contributed by atoms with van der Waals surface area (Å²) in [5, 5.41) is 14.8. The lowest BCUT2D eigenvalue weighted by Gasteiger charge is -2.11. The maximum absolute atomic E-state index is 12.0. The highest BCUT2D eigenvalue weighted by Crippen LogP contribution is 2.28. The number of benzene rings is 2. The Bertz CT molecular complexity index is 1080. The van der Waals surface area contributed by atoms with Crippen LogP contribution in [0.3, 0.4) is 0 Å². The van der Waals surface area contributed by atoms with Gasteiger partial charge >= 0.3 is 0 Å². The number of furan rings is 1. The van der Waals surface area contributed by atoms with Gasteiger partial charge in [0, 0.05) is 21.3 Å². The van der Waals surface area contributed by atoms with Gasteiger partial charge in [0.1, 0.15) is 17.3 Å². The number of nitro benzene ring substituents is 1. The first kappa shape index (κ1) is 21.5. The van der Waals surface area contributed by atoms with E-state index < -0.39 is 10.8 Å². The number of carbonyl (C=O) groups is 1. The number of hydrogen-bond donors (Lipinski definition) is 1. The predicted molar refractivity (Wildman–Crippen MR) is 121 cm³/mol. The molecule has 0 saturated heterocycles. The molecule has 0 aliphatic rings. The Hall–Kier alpha value is -3.21. The summed E-state index contributed by atoms with van der Waals surface area (Å²) in [5.74, 6) is 1.17. The van der Waals surface area contributed by atoms with Crippen LogP contribution in [0.25, 0.3) is 11.3 Å². The first-order valence-electron chi connectivity index (χ1n) is 8.89. The largest absolute Gasteiger partial charge is 0.483 e. The molecule has 0 bridgehead atoms. The molecule has 1 amide bonds. The van der Waals surface area contributed by atoms with E-state index in [9.17, 15) is 14.9 Å². The molecule has 2 aromatic carbocycles. The van der Waals surface area contributed by atoms with Gasteiger partial charge in [0.25, 0.3) is 11.6 Å². The van der Waals surface area contributed by atoms with Crippen molar-refractivity contribution >= 4 is 40.4 Å². The van der Waals surface area contributed by atoms with Crippen LogP contribution in [0.4, 0.5) is 5.69 Å². The fourth-order valence-electron chi connectivity index (χ4n) is 2.79. The number of halogens is 1. The zero-order chi connectivity index (χ0) is 21.7. The van der Waals surface area contributed by atoms with Crippen LogP contribution in [0.2, 0.25) is 0 Å². The van der Waals surface area contributed by atoms with Crippen molar-refractivity contribution in [3.63, 3.8) is 0 Å². The minimum atomic E-state index is -0.469. The molecule has 9 heteroatoms. The number of hydrazone groups is 1. The topological polar surface area (TPSA) is 107 Å². The lowest BCUT2D eigenvalue weighted by Crippen LogP contribution is -2.25. The Morgan fingerprint density at radius 3 is 2.50 bits per heavy atom. The van der Waals surface area contributed by atoms with E-state index in [0.29, 0.717) is 28.4 Å². The smallest absolute Gasteiger partial charge is 0.277 e. The van der Waals surface area contributed by atoms with Crippen LogP contribution in [-0.2, 0) is 4.79 Å². The molecule has 30 heavy (non-hydrogen) atoms. The number of rotatable bonds is 7. The molecule has 0 aliphatic heterocycles. The SMILES string of the molecule is Cc1cc([N+](=O)[O-])cc(C)c1OCC(=O)NN=Cc1ccc(-c2ccc(I)cc2)o1. The molecule has 0 unspecified atom stereocenters. The van der Waals surface area contributed by atoms with E-state index in [1.165, 1.54) is 18.3 Å². The fourth-order valence-corrected chi connectivity index (χ4v) is 3.15. The molecular formula is C21H18IN3O5. The van der Waals surface area contributed by atoms with Crippen LogP contribution in [-0.4, -0.2) is 23.7 Å². The van der Waals surface area contributed by atoms with Gasteiger partial charge in [0.15, 0.2) is 6.61 Å². The van der Waals surface area contributed by atoms with Crippen LogP contribution in [0.15, 0.2) is 58.0 Å². The quantitative estimate of drug-likeness (QED) is 0.213. The standard InChI is InChI=1S/C21H18IN3O5/c1-13-9-17(25(27)28)10-14(2)21(13)29-12-20(26)24-23-11-18-7-8-19(30-18)15-3-5-16(22)6-4-15/h3-11H,12H2,1-2H3,(H,24,26). The molecule has 0 fully saturated rings. The Balaban J connectivity index is 1.55. The zero-order valence-corrected chi connectivity index (χ0v) is 18.4. The molecule has 154 valence electrons. The third-order valence-corrected chi connectivity index (χ3v) is 4.86. The van der Waals surface area contributed by atoms with Crippen LogP contribution in [0, 0.1) is 27.5 Å². The van der Waals surface area contributed by atoms with E-state index in [0.717, 1.165) is 9.13 Å². The molecule has 0 radical (unpaired) electrons. The van der Waals surface area contributed by atoms with Crippen molar-refractivity contribution in [1.29, 1.82) is 0 Å². The highest BCUT2D eigenvalue weighted by Gasteiger charge is 2.14. The van der Waals surface area contributed by atoms with Crippen LogP contribution >= 0.6 is 22.6 Å². The molecule has 3 rings (SSSR count). The predicted octanol–water partition coefficient (Wildman–Crippen LogP) is 4.61. The van der Waals surface area contributed by atoms with E-state index in [4.69, 9.17) is 9.15 Å². The zero-order valence-electron chi connectivity index (χ0n) is 16.2. The maximum Gasteiger partial charge on any atom is 0.277 e. The summed E-state index contributed by atoms with van der Waals surface area (Å²) in [6.45, 7) is 3.10. The molecule has 0 aliphatic carbocycles. The second kappa shape index (κ2) is 9.53. The molecule has 0 spiro atoms. The number of nitro groups is 1. The molecule has 1 heterocycles. The first-order valence-corrected chi connectivity index (χ1v) is 9.97. The lowest BCUT2D eigenvalue weighted by atomic mass is 10.1. The Kier molecular flexibility index (Phi) is 6.83.